The van der Waals surface area contributed by atoms with Gasteiger partial charge < -0.3 is 0 Å². The highest BCUT2D eigenvalue weighted by molar-refractivity contribution is 6.34. The zero-order valence-electron chi connectivity index (χ0n) is 6.55. The van der Waals surface area contributed by atoms with E-state index in [9.17, 15) is 9.18 Å². The molecule has 0 aliphatic heterocycles. The molecule has 1 aromatic rings. The first-order valence-electron chi connectivity index (χ1n) is 3.51. The van der Waals surface area contributed by atoms with Crippen molar-refractivity contribution in [2.24, 2.45) is 0 Å². The Morgan fingerprint density at radius 2 is 2.31 bits per heavy atom. The molecule has 0 amide bonds. The van der Waals surface area contributed by atoms with Crippen molar-refractivity contribution >= 4 is 17.4 Å². The minimum absolute atomic E-state index is 0.0419. The van der Waals surface area contributed by atoms with Crippen molar-refractivity contribution in [1.29, 1.82) is 5.26 Å². The zero-order chi connectivity index (χ0) is 9.84. The number of carbonyl (C=O) groups is 1. The molecule has 0 heterocycles. The normalized spacial score (nSPS) is 9.31. The van der Waals surface area contributed by atoms with E-state index in [1.807, 2.05) is 0 Å². The van der Waals surface area contributed by atoms with Crippen molar-refractivity contribution in [2.75, 3.05) is 0 Å². The molecule has 0 aromatic heterocycles. The van der Waals surface area contributed by atoms with Crippen LogP contribution < -0.4 is 0 Å². The van der Waals surface area contributed by atoms with Crippen LogP contribution in [0.4, 0.5) is 4.39 Å². The monoisotopic (exact) mass is 197 g/mol. The maximum absolute atomic E-state index is 13.0. The Balaban J connectivity index is 3.14. The molecule has 0 unspecified atom stereocenters. The van der Waals surface area contributed by atoms with Crippen LogP contribution in [0.5, 0.6) is 0 Å². The second kappa shape index (κ2) is 4.01. The number of ketones is 1. The first-order chi connectivity index (χ1) is 6.16. The predicted octanol–water partition coefficient (Wildman–Crippen LogP) is 2.58. The SMILES string of the molecule is N#CCC(=O)c1c(F)cccc1Cl. The van der Waals surface area contributed by atoms with Crippen molar-refractivity contribution in [3.8, 4) is 6.07 Å². The van der Waals surface area contributed by atoms with E-state index in [0.717, 1.165) is 6.07 Å². The Morgan fingerprint density at radius 1 is 1.62 bits per heavy atom. The van der Waals surface area contributed by atoms with Gasteiger partial charge in [0.2, 0.25) is 0 Å². The van der Waals surface area contributed by atoms with E-state index in [0.29, 0.717) is 0 Å². The molecule has 0 atom stereocenters. The fourth-order valence-electron chi connectivity index (χ4n) is 0.924. The van der Waals surface area contributed by atoms with E-state index in [2.05, 4.69) is 0 Å². The Labute approximate surface area is 79.5 Å². The van der Waals surface area contributed by atoms with E-state index in [4.69, 9.17) is 16.9 Å². The van der Waals surface area contributed by atoms with E-state index >= 15 is 0 Å². The van der Waals surface area contributed by atoms with Gasteiger partial charge in [-0.3, -0.25) is 4.79 Å². The molecule has 0 N–H and O–H groups in total. The maximum Gasteiger partial charge on any atom is 0.181 e. The van der Waals surface area contributed by atoms with Crippen LogP contribution in [0.1, 0.15) is 16.8 Å². The minimum atomic E-state index is -0.687. The number of nitriles is 1. The second-order valence-corrected chi connectivity index (χ2v) is 2.76. The van der Waals surface area contributed by atoms with Gasteiger partial charge in [0.25, 0.3) is 0 Å². The van der Waals surface area contributed by atoms with Crippen LogP contribution in [-0.2, 0) is 0 Å². The third kappa shape index (κ3) is 2.04. The average Bonchev–Trinajstić information content (AvgIpc) is 2.04. The summed E-state index contributed by atoms with van der Waals surface area (Å²) in [6, 6.07) is 5.60. The van der Waals surface area contributed by atoms with E-state index in [1.165, 1.54) is 12.1 Å². The van der Waals surface area contributed by atoms with Gasteiger partial charge in [0.05, 0.1) is 23.1 Å². The lowest BCUT2D eigenvalue weighted by atomic mass is 10.1. The zero-order valence-corrected chi connectivity index (χ0v) is 7.31. The summed E-state index contributed by atoms with van der Waals surface area (Å²) in [5.41, 5.74) is -0.203. The van der Waals surface area contributed by atoms with E-state index in [-0.39, 0.29) is 17.0 Å². The Morgan fingerprint density at radius 3 is 2.85 bits per heavy atom. The van der Waals surface area contributed by atoms with Crippen molar-refractivity contribution < 1.29 is 9.18 Å². The lowest BCUT2D eigenvalue weighted by Gasteiger charge is -2.00. The van der Waals surface area contributed by atoms with Gasteiger partial charge in [0.1, 0.15) is 5.82 Å². The third-order valence-electron chi connectivity index (χ3n) is 1.48. The molecule has 2 nitrogen and oxygen atoms in total. The number of carbonyl (C=O) groups excluding carboxylic acids is 1. The molecule has 0 aliphatic carbocycles. The summed E-state index contributed by atoms with van der Waals surface area (Å²) in [5, 5.41) is 8.29. The quantitative estimate of drug-likeness (QED) is 0.684. The van der Waals surface area contributed by atoms with Crippen molar-refractivity contribution in [2.45, 2.75) is 6.42 Å². The molecule has 13 heavy (non-hydrogen) atoms. The van der Waals surface area contributed by atoms with Crippen LogP contribution in [0, 0.1) is 17.1 Å². The Bertz CT molecular complexity index is 363. The standard InChI is InChI=1S/C9H5ClFNO/c10-6-2-1-3-7(11)9(6)8(13)4-5-12/h1-3H,4H2. The molecular formula is C9H5ClFNO. The fourth-order valence-corrected chi connectivity index (χ4v) is 1.19. The summed E-state index contributed by atoms with van der Waals surface area (Å²) < 4.78 is 13.0. The summed E-state index contributed by atoms with van der Waals surface area (Å²) in [4.78, 5) is 11.1. The van der Waals surface area contributed by atoms with E-state index < -0.39 is 11.6 Å². The molecule has 0 saturated carbocycles. The molecule has 0 radical (unpaired) electrons. The molecule has 0 bridgehead atoms. The van der Waals surface area contributed by atoms with Crippen molar-refractivity contribution in [3.63, 3.8) is 0 Å². The number of rotatable bonds is 2. The molecule has 66 valence electrons. The molecule has 4 heteroatoms. The second-order valence-electron chi connectivity index (χ2n) is 2.35. The van der Waals surface area contributed by atoms with Gasteiger partial charge >= 0.3 is 0 Å². The summed E-state index contributed by atoms with van der Waals surface area (Å²) in [7, 11) is 0. The molecule has 0 saturated heterocycles. The summed E-state index contributed by atoms with van der Waals surface area (Å²) >= 11 is 5.59. The summed E-state index contributed by atoms with van der Waals surface area (Å²) in [6.07, 6.45) is -0.360. The molecule has 0 aliphatic rings. The van der Waals surface area contributed by atoms with Crippen LogP contribution in [0.15, 0.2) is 18.2 Å². The lowest BCUT2D eigenvalue weighted by molar-refractivity contribution is 0.0994. The van der Waals surface area contributed by atoms with Gasteiger partial charge in [-0.15, -0.1) is 0 Å². The van der Waals surface area contributed by atoms with Gasteiger partial charge in [-0.1, -0.05) is 17.7 Å². The average molecular weight is 198 g/mol. The first kappa shape index (κ1) is 9.69. The van der Waals surface area contributed by atoms with Crippen LogP contribution in [0.25, 0.3) is 0 Å². The molecule has 0 spiro atoms. The third-order valence-corrected chi connectivity index (χ3v) is 1.80. The van der Waals surface area contributed by atoms with Gasteiger partial charge in [0.15, 0.2) is 5.78 Å². The number of hydrogen-bond donors (Lipinski definition) is 0. The summed E-state index contributed by atoms with van der Waals surface area (Å²) in [6.45, 7) is 0. The number of halogens is 2. The van der Waals surface area contributed by atoms with Gasteiger partial charge in [-0.05, 0) is 12.1 Å². The van der Waals surface area contributed by atoms with Gasteiger partial charge in [-0.2, -0.15) is 5.26 Å². The molecule has 1 rings (SSSR count). The Kier molecular flexibility index (Phi) is 2.99. The van der Waals surface area contributed by atoms with Gasteiger partial charge in [-0.25, -0.2) is 4.39 Å². The highest BCUT2D eigenvalue weighted by Crippen LogP contribution is 2.20. The topological polar surface area (TPSA) is 40.9 Å². The van der Waals surface area contributed by atoms with Crippen LogP contribution >= 0.6 is 11.6 Å². The first-order valence-corrected chi connectivity index (χ1v) is 3.88. The van der Waals surface area contributed by atoms with Crippen LogP contribution in [-0.4, -0.2) is 5.78 Å². The van der Waals surface area contributed by atoms with Crippen LogP contribution in [0.2, 0.25) is 5.02 Å². The largest absolute Gasteiger partial charge is 0.293 e. The smallest absolute Gasteiger partial charge is 0.181 e. The lowest BCUT2D eigenvalue weighted by Crippen LogP contribution is -2.01. The fraction of sp³-hybridized carbons (Fsp3) is 0.111. The van der Waals surface area contributed by atoms with Crippen molar-refractivity contribution in [3.05, 3.63) is 34.6 Å². The number of nitrogens with zero attached hydrogens (tertiary/aromatic N) is 1. The maximum atomic E-state index is 13.0. The number of benzene rings is 1. The highest BCUT2D eigenvalue weighted by Gasteiger charge is 2.14. The highest BCUT2D eigenvalue weighted by atomic mass is 35.5. The Hall–Kier alpha value is -1.40. The van der Waals surface area contributed by atoms with Gasteiger partial charge in [0, 0.05) is 0 Å². The van der Waals surface area contributed by atoms with Crippen LogP contribution in [0.3, 0.4) is 0 Å². The summed E-state index contributed by atoms with van der Waals surface area (Å²) in [5.74, 6) is -1.28. The number of hydrogen-bond acceptors (Lipinski definition) is 2. The molecular weight excluding hydrogens is 193 g/mol. The minimum Gasteiger partial charge on any atom is -0.293 e. The van der Waals surface area contributed by atoms with Crippen molar-refractivity contribution in [1.82, 2.24) is 0 Å². The van der Waals surface area contributed by atoms with E-state index in [1.54, 1.807) is 6.07 Å². The predicted molar refractivity (Wildman–Crippen MR) is 46.0 cm³/mol. The molecule has 1 aromatic carbocycles. The molecule has 0 fully saturated rings. The number of Topliss-reactive ketones (excluding diaryl/α,β-unsaturated/α-hetero) is 1.